The van der Waals surface area contributed by atoms with E-state index in [1.807, 2.05) is 31.2 Å². The van der Waals surface area contributed by atoms with Gasteiger partial charge >= 0.3 is 5.97 Å². The maximum Gasteiger partial charge on any atom is 0.307 e. The number of hydrogen-bond acceptors (Lipinski definition) is 5. The Morgan fingerprint density at radius 1 is 1.29 bits per heavy atom. The van der Waals surface area contributed by atoms with Crippen LogP contribution in [0.1, 0.15) is 13.3 Å². The number of anilines is 1. The van der Waals surface area contributed by atoms with Gasteiger partial charge in [-0.15, -0.1) is 0 Å². The zero-order chi connectivity index (χ0) is 15.2. The molecule has 1 aromatic heterocycles. The van der Waals surface area contributed by atoms with Gasteiger partial charge in [-0.2, -0.15) is 0 Å². The molecule has 0 aliphatic heterocycles. The summed E-state index contributed by atoms with van der Waals surface area (Å²) in [6.45, 7) is 3.40. The fourth-order valence-corrected chi connectivity index (χ4v) is 2.26. The lowest BCUT2D eigenvalue weighted by Gasteiger charge is -2.23. The van der Waals surface area contributed by atoms with E-state index in [1.165, 1.54) is 7.11 Å². The van der Waals surface area contributed by atoms with Crippen LogP contribution in [0.2, 0.25) is 0 Å². The molecule has 21 heavy (non-hydrogen) atoms. The molecule has 0 amide bonds. The van der Waals surface area contributed by atoms with E-state index in [0.717, 1.165) is 28.9 Å². The molecular formula is C16H20N2O3. The minimum absolute atomic E-state index is 0.213. The first kappa shape index (κ1) is 15.1. The van der Waals surface area contributed by atoms with Gasteiger partial charge in [0, 0.05) is 24.7 Å². The maximum atomic E-state index is 11.3. The number of esters is 1. The second-order valence-corrected chi connectivity index (χ2v) is 4.63. The number of ether oxygens (including phenoxy) is 2. The zero-order valence-electron chi connectivity index (χ0n) is 12.6. The molecule has 0 fully saturated rings. The van der Waals surface area contributed by atoms with Gasteiger partial charge in [0.15, 0.2) is 0 Å². The highest BCUT2D eigenvalue weighted by Crippen LogP contribution is 2.27. The molecule has 0 saturated heterocycles. The number of fused-ring (bicyclic) bond motifs is 1. The third-order valence-corrected chi connectivity index (χ3v) is 3.45. The first-order valence-electron chi connectivity index (χ1n) is 6.94. The number of carbonyl (C=O) groups is 1. The highest BCUT2D eigenvalue weighted by Gasteiger charge is 2.12. The summed E-state index contributed by atoms with van der Waals surface area (Å²) >= 11 is 0. The molecule has 2 rings (SSSR count). The molecule has 0 unspecified atom stereocenters. The van der Waals surface area contributed by atoms with Crippen LogP contribution in [-0.4, -0.2) is 38.3 Å². The number of methoxy groups -OCH3 is 2. The van der Waals surface area contributed by atoms with Crippen molar-refractivity contribution in [1.29, 1.82) is 0 Å². The summed E-state index contributed by atoms with van der Waals surface area (Å²) in [5, 5.41) is 2.11. The number of rotatable bonds is 6. The van der Waals surface area contributed by atoms with Crippen molar-refractivity contribution in [1.82, 2.24) is 4.98 Å². The number of hydrogen-bond donors (Lipinski definition) is 0. The van der Waals surface area contributed by atoms with Gasteiger partial charge in [0.25, 0.3) is 0 Å². The summed E-state index contributed by atoms with van der Waals surface area (Å²) in [4.78, 5) is 17.9. The molecule has 5 nitrogen and oxygen atoms in total. The van der Waals surface area contributed by atoms with Crippen LogP contribution in [0.5, 0.6) is 5.75 Å². The predicted octanol–water partition coefficient (Wildman–Crippen LogP) is 2.63. The number of benzene rings is 1. The van der Waals surface area contributed by atoms with Gasteiger partial charge in [-0.3, -0.25) is 4.79 Å². The molecule has 1 aromatic carbocycles. The van der Waals surface area contributed by atoms with E-state index in [4.69, 9.17) is 9.47 Å². The molecule has 0 bridgehead atoms. The molecule has 5 heteroatoms. The lowest BCUT2D eigenvalue weighted by molar-refractivity contribution is -0.140. The standard InChI is InChI=1S/C16H20N2O3/c1-4-18(10-8-15(19)21-3)16-14-6-5-13(20-2)11-12(14)7-9-17-16/h5-7,9,11H,4,8,10H2,1-3H3. The van der Waals surface area contributed by atoms with Crippen LogP contribution in [-0.2, 0) is 9.53 Å². The van der Waals surface area contributed by atoms with Crippen LogP contribution in [0.4, 0.5) is 5.82 Å². The SMILES string of the molecule is CCN(CCC(=O)OC)c1nccc2cc(OC)ccc12. The van der Waals surface area contributed by atoms with Gasteiger partial charge in [0.1, 0.15) is 11.6 Å². The maximum absolute atomic E-state index is 11.3. The van der Waals surface area contributed by atoms with Crippen molar-refractivity contribution in [2.24, 2.45) is 0 Å². The zero-order valence-corrected chi connectivity index (χ0v) is 12.6. The molecule has 0 N–H and O–H groups in total. The van der Waals surface area contributed by atoms with Crippen LogP contribution < -0.4 is 9.64 Å². The number of aromatic nitrogens is 1. The van der Waals surface area contributed by atoms with Crippen LogP contribution in [0.15, 0.2) is 30.5 Å². The van der Waals surface area contributed by atoms with E-state index >= 15 is 0 Å². The van der Waals surface area contributed by atoms with E-state index < -0.39 is 0 Å². The molecule has 0 atom stereocenters. The lowest BCUT2D eigenvalue weighted by Crippen LogP contribution is -2.27. The Balaban J connectivity index is 2.32. The third kappa shape index (κ3) is 3.42. The van der Waals surface area contributed by atoms with Crippen molar-refractivity contribution in [2.75, 3.05) is 32.2 Å². The lowest BCUT2D eigenvalue weighted by atomic mass is 10.1. The summed E-state index contributed by atoms with van der Waals surface area (Å²) in [6.07, 6.45) is 2.12. The molecule has 112 valence electrons. The van der Waals surface area contributed by atoms with Crippen molar-refractivity contribution in [3.05, 3.63) is 30.5 Å². The van der Waals surface area contributed by atoms with E-state index in [0.29, 0.717) is 13.0 Å². The van der Waals surface area contributed by atoms with Gasteiger partial charge in [-0.25, -0.2) is 4.98 Å². The Kier molecular flexibility index (Phi) is 4.98. The van der Waals surface area contributed by atoms with E-state index in [-0.39, 0.29) is 5.97 Å². The summed E-state index contributed by atoms with van der Waals surface area (Å²) in [7, 11) is 3.05. The van der Waals surface area contributed by atoms with E-state index in [2.05, 4.69) is 9.88 Å². The van der Waals surface area contributed by atoms with Crippen LogP contribution >= 0.6 is 0 Å². The molecule has 0 radical (unpaired) electrons. The van der Waals surface area contributed by atoms with Crippen LogP contribution in [0.25, 0.3) is 10.8 Å². The summed E-state index contributed by atoms with van der Waals surface area (Å²) in [5.41, 5.74) is 0. The topological polar surface area (TPSA) is 51.7 Å². The van der Waals surface area contributed by atoms with Gasteiger partial charge in [-0.05, 0) is 36.6 Å². The average Bonchev–Trinajstić information content (AvgIpc) is 2.54. The smallest absolute Gasteiger partial charge is 0.307 e. The average molecular weight is 288 g/mol. The highest BCUT2D eigenvalue weighted by molar-refractivity contribution is 5.93. The quantitative estimate of drug-likeness (QED) is 0.765. The first-order chi connectivity index (χ1) is 10.2. The minimum Gasteiger partial charge on any atom is -0.497 e. The monoisotopic (exact) mass is 288 g/mol. The predicted molar refractivity (Wildman–Crippen MR) is 82.8 cm³/mol. The van der Waals surface area contributed by atoms with Gasteiger partial charge in [0.2, 0.25) is 0 Å². The van der Waals surface area contributed by atoms with Crippen molar-refractivity contribution in [3.8, 4) is 5.75 Å². The molecule has 0 spiro atoms. The van der Waals surface area contributed by atoms with Gasteiger partial charge in [0.05, 0.1) is 20.6 Å². The number of nitrogens with zero attached hydrogens (tertiary/aromatic N) is 2. The van der Waals surface area contributed by atoms with E-state index in [1.54, 1.807) is 13.3 Å². The Bertz CT molecular complexity index is 628. The molecular weight excluding hydrogens is 268 g/mol. The van der Waals surface area contributed by atoms with Gasteiger partial charge in [-0.1, -0.05) is 0 Å². The van der Waals surface area contributed by atoms with Crippen molar-refractivity contribution in [3.63, 3.8) is 0 Å². The van der Waals surface area contributed by atoms with Crippen molar-refractivity contribution in [2.45, 2.75) is 13.3 Å². The second kappa shape index (κ2) is 6.92. The number of carbonyl (C=O) groups excluding carboxylic acids is 1. The fraction of sp³-hybridized carbons (Fsp3) is 0.375. The summed E-state index contributed by atoms with van der Waals surface area (Å²) in [5.74, 6) is 1.48. The molecule has 2 aromatic rings. The highest BCUT2D eigenvalue weighted by atomic mass is 16.5. The van der Waals surface area contributed by atoms with Crippen LogP contribution in [0.3, 0.4) is 0 Å². The molecule has 1 heterocycles. The largest absolute Gasteiger partial charge is 0.497 e. The van der Waals surface area contributed by atoms with Crippen molar-refractivity contribution >= 4 is 22.6 Å². The Morgan fingerprint density at radius 3 is 2.76 bits per heavy atom. The minimum atomic E-state index is -0.213. The summed E-state index contributed by atoms with van der Waals surface area (Å²) < 4.78 is 9.94. The molecule has 0 aliphatic carbocycles. The van der Waals surface area contributed by atoms with E-state index in [9.17, 15) is 4.79 Å². The summed E-state index contributed by atoms with van der Waals surface area (Å²) in [6, 6.07) is 7.85. The Morgan fingerprint density at radius 2 is 2.10 bits per heavy atom. The molecule has 0 aliphatic rings. The molecule has 0 saturated carbocycles. The van der Waals surface area contributed by atoms with Crippen molar-refractivity contribution < 1.29 is 14.3 Å². The van der Waals surface area contributed by atoms with Crippen LogP contribution in [0, 0.1) is 0 Å². The second-order valence-electron chi connectivity index (χ2n) is 4.63. The van der Waals surface area contributed by atoms with Gasteiger partial charge < -0.3 is 14.4 Å². The number of pyridine rings is 1. The first-order valence-corrected chi connectivity index (χ1v) is 6.94. The Labute approximate surface area is 124 Å². The third-order valence-electron chi connectivity index (χ3n) is 3.45. The Hall–Kier alpha value is -2.30. The normalized spacial score (nSPS) is 10.4. The fourth-order valence-electron chi connectivity index (χ4n) is 2.26.